The second kappa shape index (κ2) is 8.09. The number of rotatable bonds is 6. The van der Waals surface area contributed by atoms with Crippen LogP contribution in [0.4, 0.5) is 18.9 Å². The van der Waals surface area contributed by atoms with E-state index in [1.807, 2.05) is 13.8 Å². The Labute approximate surface area is 163 Å². The van der Waals surface area contributed by atoms with Crippen molar-refractivity contribution in [2.24, 2.45) is 0 Å². The van der Waals surface area contributed by atoms with Gasteiger partial charge in [-0.1, -0.05) is 11.2 Å². The van der Waals surface area contributed by atoms with Gasteiger partial charge in [-0.3, -0.25) is 9.48 Å². The molecule has 1 aromatic carbocycles. The molecule has 28 heavy (non-hydrogen) atoms. The quantitative estimate of drug-likeness (QED) is 0.614. The zero-order valence-corrected chi connectivity index (χ0v) is 15.9. The van der Waals surface area contributed by atoms with Crippen LogP contribution in [0.1, 0.15) is 22.6 Å². The van der Waals surface area contributed by atoms with Crippen molar-refractivity contribution < 1.29 is 22.5 Å². The molecular weight excluding hydrogens is 393 g/mol. The predicted octanol–water partition coefficient (Wildman–Crippen LogP) is 4.29. The first-order valence-corrected chi connectivity index (χ1v) is 9.25. The molecule has 0 saturated heterocycles. The van der Waals surface area contributed by atoms with Gasteiger partial charge in [-0.25, -0.2) is 0 Å². The standard InChI is InChI=1S/C18H17F3N4O2S/c1-11-16(12(2)27-24-11)9-25-8-14(7-22-25)23-17(26)10-28-15-5-3-4-13(6-15)18(19,20)21/h3-8H,9-10H2,1-2H3,(H,23,26). The maximum Gasteiger partial charge on any atom is 0.416 e. The topological polar surface area (TPSA) is 73.0 Å². The Kier molecular flexibility index (Phi) is 5.78. The molecule has 0 spiro atoms. The van der Waals surface area contributed by atoms with Gasteiger partial charge in [-0.05, 0) is 32.0 Å². The third kappa shape index (κ3) is 4.94. The van der Waals surface area contributed by atoms with Crippen LogP contribution in [0.25, 0.3) is 0 Å². The number of alkyl halides is 3. The summed E-state index contributed by atoms with van der Waals surface area (Å²) in [7, 11) is 0. The number of thioether (sulfide) groups is 1. The van der Waals surface area contributed by atoms with E-state index in [0.29, 0.717) is 22.9 Å². The van der Waals surface area contributed by atoms with Crippen LogP contribution >= 0.6 is 11.8 Å². The number of nitrogens with zero attached hydrogens (tertiary/aromatic N) is 3. The molecule has 3 aromatic rings. The molecule has 0 bridgehead atoms. The van der Waals surface area contributed by atoms with Crippen LogP contribution in [0.5, 0.6) is 0 Å². The zero-order valence-electron chi connectivity index (χ0n) is 15.1. The summed E-state index contributed by atoms with van der Waals surface area (Å²) in [6.45, 7) is 4.10. The zero-order chi connectivity index (χ0) is 20.3. The maximum absolute atomic E-state index is 12.7. The Morgan fingerprint density at radius 1 is 1.32 bits per heavy atom. The van der Waals surface area contributed by atoms with Gasteiger partial charge in [-0.15, -0.1) is 11.8 Å². The van der Waals surface area contributed by atoms with E-state index in [1.54, 1.807) is 10.9 Å². The molecule has 2 aromatic heterocycles. The third-order valence-corrected chi connectivity index (χ3v) is 4.94. The Balaban J connectivity index is 1.55. The fourth-order valence-electron chi connectivity index (χ4n) is 2.51. The summed E-state index contributed by atoms with van der Waals surface area (Å²) in [6.07, 6.45) is -1.24. The van der Waals surface area contributed by atoms with Crippen molar-refractivity contribution in [2.45, 2.75) is 31.5 Å². The van der Waals surface area contributed by atoms with Crippen LogP contribution in [-0.4, -0.2) is 26.6 Å². The van der Waals surface area contributed by atoms with E-state index in [0.717, 1.165) is 35.2 Å². The molecule has 0 saturated carbocycles. The van der Waals surface area contributed by atoms with E-state index in [1.165, 1.54) is 18.3 Å². The fraction of sp³-hybridized carbons (Fsp3) is 0.278. The molecule has 6 nitrogen and oxygen atoms in total. The smallest absolute Gasteiger partial charge is 0.361 e. The molecule has 0 aliphatic heterocycles. The van der Waals surface area contributed by atoms with Gasteiger partial charge in [0, 0.05) is 16.7 Å². The van der Waals surface area contributed by atoms with Crippen molar-refractivity contribution >= 4 is 23.4 Å². The number of amides is 1. The number of hydrogen-bond donors (Lipinski definition) is 1. The number of halogens is 3. The fourth-order valence-corrected chi connectivity index (χ4v) is 3.27. The van der Waals surface area contributed by atoms with Crippen LogP contribution in [0.2, 0.25) is 0 Å². The molecule has 0 aliphatic rings. The summed E-state index contributed by atoms with van der Waals surface area (Å²) in [5.74, 6) is 0.353. The molecule has 1 N–H and O–H groups in total. The molecule has 148 valence electrons. The van der Waals surface area contributed by atoms with Gasteiger partial charge in [0.2, 0.25) is 5.91 Å². The molecule has 0 aliphatic carbocycles. The largest absolute Gasteiger partial charge is 0.416 e. The summed E-state index contributed by atoms with van der Waals surface area (Å²) in [5.41, 5.74) is 1.46. The maximum atomic E-state index is 12.7. The van der Waals surface area contributed by atoms with Crippen LogP contribution in [0.15, 0.2) is 46.1 Å². The van der Waals surface area contributed by atoms with E-state index in [-0.39, 0.29) is 11.7 Å². The average Bonchev–Trinajstić information content (AvgIpc) is 3.21. The lowest BCUT2D eigenvalue weighted by Gasteiger charge is -2.08. The lowest BCUT2D eigenvalue weighted by atomic mass is 10.2. The van der Waals surface area contributed by atoms with Crippen molar-refractivity contribution in [1.82, 2.24) is 14.9 Å². The monoisotopic (exact) mass is 410 g/mol. The number of aryl methyl sites for hydroxylation is 2. The van der Waals surface area contributed by atoms with E-state index < -0.39 is 11.7 Å². The molecule has 3 rings (SSSR count). The molecule has 0 atom stereocenters. The summed E-state index contributed by atoms with van der Waals surface area (Å²) >= 11 is 1.03. The molecule has 0 fully saturated rings. The van der Waals surface area contributed by atoms with Gasteiger partial charge in [0.15, 0.2) is 0 Å². The molecular formula is C18H17F3N4O2S. The molecule has 10 heteroatoms. The number of benzene rings is 1. The number of carbonyl (C=O) groups is 1. The Hall–Kier alpha value is -2.75. The van der Waals surface area contributed by atoms with Gasteiger partial charge in [0.25, 0.3) is 0 Å². The third-order valence-electron chi connectivity index (χ3n) is 3.95. The number of aromatic nitrogens is 3. The van der Waals surface area contributed by atoms with Crippen molar-refractivity contribution in [3.8, 4) is 0 Å². The molecule has 1 amide bonds. The summed E-state index contributed by atoms with van der Waals surface area (Å²) in [5, 5.41) is 10.7. The van der Waals surface area contributed by atoms with Crippen molar-refractivity contribution in [3.63, 3.8) is 0 Å². The normalized spacial score (nSPS) is 11.6. The van der Waals surface area contributed by atoms with E-state index >= 15 is 0 Å². The van der Waals surface area contributed by atoms with Crippen molar-refractivity contribution in [3.05, 3.63) is 59.2 Å². The first kappa shape index (κ1) is 20.0. The highest BCUT2D eigenvalue weighted by atomic mass is 32.2. The number of anilines is 1. The molecule has 0 unspecified atom stereocenters. The minimum Gasteiger partial charge on any atom is -0.361 e. The molecule has 0 radical (unpaired) electrons. The summed E-state index contributed by atoms with van der Waals surface area (Å²) in [6, 6.07) is 4.88. The van der Waals surface area contributed by atoms with Gasteiger partial charge >= 0.3 is 6.18 Å². The van der Waals surface area contributed by atoms with Crippen LogP contribution in [-0.2, 0) is 17.5 Å². The molecule has 2 heterocycles. The second-order valence-electron chi connectivity index (χ2n) is 6.09. The lowest BCUT2D eigenvalue weighted by Crippen LogP contribution is -2.13. The summed E-state index contributed by atoms with van der Waals surface area (Å²) in [4.78, 5) is 12.5. The van der Waals surface area contributed by atoms with Crippen LogP contribution in [0, 0.1) is 13.8 Å². The second-order valence-corrected chi connectivity index (χ2v) is 7.14. The highest BCUT2D eigenvalue weighted by molar-refractivity contribution is 8.00. The van der Waals surface area contributed by atoms with Crippen molar-refractivity contribution in [2.75, 3.05) is 11.1 Å². The Morgan fingerprint density at radius 3 is 2.79 bits per heavy atom. The SMILES string of the molecule is Cc1noc(C)c1Cn1cc(NC(=O)CSc2cccc(C(F)(F)F)c2)cn1. The number of nitrogens with one attached hydrogen (secondary N) is 1. The van der Waals surface area contributed by atoms with Gasteiger partial charge < -0.3 is 9.84 Å². The highest BCUT2D eigenvalue weighted by Gasteiger charge is 2.30. The summed E-state index contributed by atoms with van der Waals surface area (Å²) < 4.78 is 45.0. The predicted molar refractivity (Wildman–Crippen MR) is 98.1 cm³/mol. The van der Waals surface area contributed by atoms with Gasteiger partial charge in [0.1, 0.15) is 5.76 Å². The lowest BCUT2D eigenvalue weighted by molar-refractivity contribution is -0.137. The minimum atomic E-state index is -4.41. The first-order chi connectivity index (χ1) is 13.2. The Morgan fingerprint density at radius 2 is 2.11 bits per heavy atom. The van der Waals surface area contributed by atoms with E-state index in [9.17, 15) is 18.0 Å². The minimum absolute atomic E-state index is 0.0175. The number of carbonyl (C=O) groups excluding carboxylic acids is 1. The Bertz CT molecular complexity index is 962. The van der Waals surface area contributed by atoms with Crippen LogP contribution < -0.4 is 5.32 Å². The highest BCUT2D eigenvalue weighted by Crippen LogP contribution is 2.31. The first-order valence-electron chi connectivity index (χ1n) is 8.26. The van der Waals surface area contributed by atoms with Crippen molar-refractivity contribution in [1.29, 1.82) is 0 Å². The average molecular weight is 410 g/mol. The van der Waals surface area contributed by atoms with Crippen LogP contribution in [0.3, 0.4) is 0 Å². The van der Waals surface area contributed by atoms with Gasteiger partial charge in [0.05, 0.1) is 35.4 Å². The van der Waals surface area contributed by atoms with E-state index in [2.05, 4.69) is 15.6 Å². The number of hydrogen-bond acceptors (Lipinski definition) is 5. The van der Waals surface area contributed by atoms with E-state index in [4.69, 9.17) is 4.52 Å². The van der Waals surface area contributed by atoms with Gasteiger partial charge in [-0.2, -0.15) is 18.3 Å².